The van der Waals surface area contributed by atoms with Crippen molar-refractivity contribution in [2.45, 2.75) is 12.7 Å². The highest BCUT2D eigenvalue weighted by molar-refractivity contribution is 7.92. The largest absolute Gasteiger partial charge is 0.506 e. The van der Waals surface area contributed by atoms with Crippen LogP contribution in [0.3, 0.4) is 0 Å². The van der Waals surface area contributed by atoms with E-state index in [1.165, 1.54) is 35.3 Å². The maximum atomic E-state index is 15.2. The molecule has 13 heteroatoms. The van der Waals surface area contributed by atoms with Gasteiger partial charge in [-0.1, -0.05) is 12.1 Å². The van der Waals surface area contributed by atoms with E-state index in [-0.39, 0.29) is 17.7 Å². The second kappa shape index (κ2) is 7.51. The van der Waals surface area contributed by atoms with Gasteiger partial charge in [0.05, 0.1) is 18.3 Å². The van der Waals surface area contributed by atoms with Crippen LogP contribution in [0.25, 0.3) is 11.1 Å². The normalized spacial score (nSPS) is 15.8. The van der Waals surface area contributed by atoms with Crippen LogP contribution in [0.5, 0.6) is 5.75 Å². The molecule has 1 fully saturated rings. The molecule has 0 atom stereocenters. The summed E-state index contributed by atoms with van der Waals surface area (Å²) in [6.07, 6.45) is -1.89. The van der Waals surface area contributed by atoms with Crippen molar-refractivity contribution < 1.29 is 35.9 Å². The van der Waals surface area contributed by atoms with Gasteiger partial charge in [-0.25, -0.2) is 13.4 Å². The number of anilines is 1. The van der Waals surface area contributed by atoms with Crippen LogP contribution < -0.4 is 9.03 Å². The number of benzene rings is 2. The number of amides is 1. The molecule has 1 aliphatic heterocycles. The van der Waals surface area contributed by atoms with E-state index in [0.29, 0.717) is 9.87 Å². The molecule has 0 bridgehead atoms. The Labute approximate surface area is 178 Å². The smallest absolute Gasteiger partial charge is 0.416 e. The van der Waals surface area contributed by atoms with E-state index < -0.39 is 51.7 Å². The number of alkyl halides is 3. The number of carbonyl (C=O) groups is 1. The number of hydrogen-bond donors (Lipinski definition) is 2. The number of carbonyl (C=O) groups excluding carboxylic acids is 1. The Morgan fingerprint density at radius 1 is 1.19 bits per heavy atom. The lowest BCUT2D eigenvalue weighted by Gasteiger charge is -2.18. The van der Waals surface area contributed by atoms with E-state index in [0.717, 1.165) is 18.2 Å². The van der Waals surface area contributed by atoms with Gasteiger partial charge in [-0.15, -0.1) is 0 Å². The van der Waals surface area contributed by atoms with Gasteiger partial charge in [0.15, 0.2) is 5.82 Å². The second-order valence-corrected chi connectivity index (χ2v) is 8.55. The lowest BCUT2D eigenvalue weighted by Crippen LogP contribution is -2.30. The molecule has 0 unspecified atom stereocenters. The molecule has 2 N–H and O–H groups in total. The van der Waals surface area contributed by atoms with Gasteiger partial charge < -0.3 is 5.11 Å². The summed E-state index contributed by atoms with van der Waals surface area (Å²) in [6, 6.07) is 6.92. The van der Waals surface area contributed by atoms with E-state index in [1.807, 2.05) is 0 Å². The predicted octanol–water partition coefficient (Wildman–Crippen LogP) is 2.64. The molecule has 32 heavy (non-hydrogen) atoms. The standard InChI is InChI=1S/C19H14F4N4O4S/c20-17-14(4-5-15(28)18(17)27-10-16(29)25-32(27,30)31)12-7-24-26(9-12)8-11-2-1-3-13(6-11)19(21,22)23/h1-7,9,28H,8,10H2,(H,25,29). The van der Waals surface area contributed by atoms with Gasteiger partial charge in [-0.2, -0.15) is 26.7 Å². The molecule has 3 aromatic rings. The number of phenolic OH excluding ortho intramolecular Hbond substituents is 1. The van der Waals surface area contributed by atoms with Crippen molar-refractivity contribution in [1.29, 1.82) is 0 Å². The van der Waals surface area contributed by atoms with E-state index in [2.05, 4.69) is 5.10 Å². The first kappa shape index (κ1) is 21.6. The third kappa shape index (κ3) is 3.98. The minimum Gasteiger partial charge on any atom is -0.506 e. The molecule has 1 saturated heterocycles. The van der Waals surface area contributed by atoms with Crippen LogP contribution >= 0.6 is 0 Å². The molecule has 1 amide bonds. The van der Waals surface area contributed by atoms with Gasteiger partial charge >= 0.3 is 16.4 Å². The lowest BCUT2D eigenvalue weighted by atomic mass is 10.1. The van der Waals surface area contributed by atoms with Gasteiger partial charge in [0.2, 0.25) is 0 Å². The number of hydrogen-bond acceptors (Lipinski definition) is 5. The van der Waals surface area contributed by atoms with Crippen LogP contribution in [0.1, 0.15) is 11.1 Å². The van der Waals surface area contributed by atoms with Crippen LogP contribution in [0, 0.1) is 5.82 Å². The highest BCUT2D eigenvalue weighted by Gasteiger charge is 2.38. The van der Waals surface area contributed by atoms with Crippen molar-refractivity contribution in [2.24, 2.45) is 0 Å². The Hall–Kier alpha value is -3.61. The molecule has 0 aliphatic carbocycles. The summed E-state index contributed by atoms with van der Waals surface area (Å²) in [5.41, 5.74) is -1.14. The number of halogens is 4. The van der Waals surface area contributed by atoms with Crippen LogP contribution in [-0.4, -0.2) is 35.8 Å². The average Bonchev–Trinajstić information content (AvgIpc) is 3.25. The first-order valence-electron chi connectivity index (χ1n) is 8.99. The fourth-order valence-corrected chi connectivity index (χ4v) is 4.45. The maximum absolute atomic E-state index is 15.2. The van der Waals surface area contributed by atoms with Crippen molar-refractivity contribution in [1.82, 2.24) is 14.5 Å². The van der Waals surface area contributed by atoms with Crippen molar-refractivity contribution in [3.8, 4) is 16.9 Å². The van der Waals surface area contributed by atoms with Gasteiger partial charge in [0, 0.05) is 17.3 Å². The molecule has 168 valence electrons. The molecule has 0 radical (unpaired) electrons. The van der Waals surface area contributed by atoms with Crippen LogP contribution in [0.2, 0.25) is 0 Å². The Kier molecular flexibility index (Phi) is 5.07. The zero-order valence-electron chi connectivity index (χ0n) is 16.0. The third-order valence-electron chi connectivity index (χ3n) is 4.71. The second-order valence-electron chi connectivity index (χ2n) is 6.96. The molecule has 1 aliphatic rings. The number of rotatable bonds is 4. The van der Waals surface area contributed by atoms with E-state index in [1.54, 1.807) is 4.72 Å². The number of aromatic nitrogens is 2. The highest BCUT2D eigenvalue weighted by atomic mass is 32.2. The molecule has 2 heterocycles. The number of nitrogens with zero attached hydrogens (tertiary/aromatic N) is 3. The summed E-state index contributed by atoms with van der Waals surface area (Å²) >= 11 is 0. The molecule has 4 rings (SSSR count). The summed E-state index contributed by atoms with van der Waals surface area (Å²) in [7, 11) is -4.36. The van der Waals surface area contributed by atoms with Gasteiger partial charge in [-0.05, 0) is 29.8 Å². The minimum absolute atomic E-state index is 0.0323. The predicted molar refractivity (Wildman–Crippen MR) is 104 cm³/mol. The minimum atomic E-state index is -4.50. The van der Waals surface area contributed by atoms with E-state index in [9.17, 15) is 31.5 Å². The molecule has 8 nitrogen and oxygen atoms in total. The zero-order chi connectivity index (χ0) is 23.3. The van der Waals surface area contributed by atoms with Crippen molar-refractivity contribution in [3.05, 3.63) is 65.7 Å². The van der Waals surface area contributed by atoms with Crippen molar-refractivity contribution >= 4 is 21.8 Å². The molecular formula is C19H14F4N4O4S. The number of nitrogens with one attached hydrogen (secondary N) is 1. The Bertz CT molecular complexity index is 1320. The topological polar surface area (TPSA) is 105 Å². The molecule has 0 spiro atoms. The summed E-state index contributed by atoms with van der Waals surface area (Å²) in [4.78, 5) is 11.5. The van der Waals surface area contributed by atoms with Crippen molar-refractivity contribution in [3.63, 3.8) is 0 Å². The quantitative estimate of drug-likeness (QED) is 0.571. The van der Waals surface area contributed by atoms with E-state index in [4.69, 9.17) is 0 Å². The summed E-state index contributed by atoms with van der Waals surface area (Å²) < 4.78 is 81.4. The highest BCUT2D eigenvalue weighted by Crippen LogP contribution is 2.38. The lowest BCUT2D eigenvalue weighted by molar-refractivity contribution is -0.137. The number of phenols is 1. The average molecular weight is 470 g/mol. The first-order chi connectivity index (χ1) is 15.0. The van der Waals surface area contributed by atoms with Crippen LogP contribution in [0.4, 0.5) is 23.2 Å². The van der Waals surface area contributed by atoms with Crippen LogP contribution in [-0.2, 0) is 27.7 Å². The summed E-state index contributed by atoms with van der Waals surface area (Å²) in [6.45, 7) is -0.736. The summed E-state index contributed by atoms with van der Waals surface area (Å²) in [5.74, 6) is -2.69. The molecule has 0 saturated carbocycles. The Morgan fingerprint density at radius 2 is 1.94 bits per heavy atom. The monoisotopic (exact) mass is 470 g/mol. The van der Waals surface area contributed by atoms with Crippen LogP contribution in [0.15, 0.2) is 48.8 Å². The third-order valence-corrected chi connectivity index (χ3v) is 6.09. The van der Waals surface area contributed by atoms with Gasteiger partial charge in [0.25, 0.3) is 5.91 Å². The van der Waals surface area contributed by atoms with Gasteiger partial charge in [0.1, 0.15) is 18.0 Å². The fraction of sp³-hybridized carbons (Fsp3) is 0.158. The first-order valence-corrected chi connectivity index (χ1v) is 10.4. The molecule has 1 aromatic heterocycles. The summed E-state index contributed by atoms with van der Waals surface area (Å²) in [5, 5.41) is 14.1. The van der Waals surface area contributed by atoms with E-state index >= 15 is 4.39 Å². The fourth-order valence-electron chi connectivity index (χ4n) is 3.28. The zero-order valence-corrected chi connectivity index (χ0v) is 16.8. The maximum Gasteiger partial charge on any atom is 0.416 e. The Morgan fingerprint density at radius 3 is 2.59 bits per heavy atom. The number of aromatic hydroxyl groups is 1. The molecule has 2 aromatic carbocycles. The molecular weight excluding hydrogens is 456 g/mol. The Balaban J connectivity index is 1.66. The SMILES string of the molecule is O=C1CN(c2c(O)ccc(-c3cnn(Cc4cccc(C(F)(F)F)c4)c3)c2F)S(=O)(=O)N1. The van der Waals surface area contributed by atoms with Crippen molar-refractivity contribution in [2.75, 3.05) is 10.8 Å². The van der Waals surface area contributed by atoms with Gasteiger partial charge in [-0.3, -0.25) is 9.48 Å².